The molecule has 0 aromatic rings. The lowest BCUT2D eigenvalue weighted by molar-refractivity contribution is -0.0679. The molecule has 1 heterocycles. The predicted octanol–water partition coefficient (Wildman–Crippen LogP) is 0.687. The largest absolute Gasteiger partial charge is 0.385 e. The Morgan fingerprint density at radius 2 is 1.81 bits per heavy atom. The minimum Gasteiger partial charge on any atom is -0.385 e. The van der Waals surface area contributed by atoms with E-state index in [1.807, 2.05) is 0 Å². The molecule has 0 aromatic carbocycles. The Labute approximate surface area is 129 Å². The summed E-state index contributed by atoms with van der Waals surface area (Å²) in [6.45, 7) is 10.1. The highest BCUT2D eigenvalue weighted by atomic mass is 16.5. The summed E-state index contributed by atoms with van der Waals surface area (Å²) in [6, 6.07) is 0. The smallest absolute Gasteiger partial charge is 0.190 e. The molecule has 0 spiro atoms. The first-order valence-corrected chi connectivity index (χ1v) is 7.97. The molecule has 6 nitrogen and oxygen atoms in total. The predicted molar refractivity (Wildman–Crippen MR) is 86.9 cm³/mol. The van der Waals surface area contributed by atoms with Crippen LogP contribution >= 0.6 is 0 Å². The Kier molecular flexibility index (Phi) is 9.37. The number of ether oxygens (including phenoxy) is 2. The van der Waals surface area contributed by atoms with Gasteiger partial charge in [-0.05, 0) is 26.7 Å². The number of hydrogen-bond donors (Lipinski definition) is 2. The average molecular weight is 300 g/mol. The summed E-state index contributed by atoms with van der Waals surface area (Å²) in [5.41, 5.74) is 0. The molecule has 1 rings (SSSR count). The van der Waals surface area contributed by atoms with Gasteiger partial charge < -0.3 is 20.1 Å². The van der Waals surface area contributed by atoms with Crippen molar-refractivity contribution in [2.45, 2.75) is 38.9 Å². The van der Waals surface area contributed by atoms with Crippen LogP contribution < -0.4 is 10.6 Å². The number of nitrogens with zero attached hydrogens (tertiary/aromatic N) is 2. The molecular formula is C15H32N4O2. The van der Waals surface area contributed by atoms with Gasteiger partial charge in [0.15, 0.2) is 5.96 Å². The summed E-state index contributed by atoms with van der Waals surface area (Å²) in [5, 5.41) is 6.63. The summed E-state index contributed by atoms with van der Waals surface area (Å²) < 4.78 is 10.8. The Bertz CT molecular complexity index is 289. The highest BCUT2D eigenvalue weighted by Gasteiger charge is 2.21. The molecule has 0 aliphatic carbocycles. The number of methoxy groups -OCH3 is 1. The standard InChI is InChI=1S/C15H32N4O2/c1-13-11-19(12-14(2)21-13)9-5-7-17-15(16-3)18-8-6-10-20-4/h13-14H,5-12H2,1-4H3,(H2,16,17,18). The normalized spacial score (nSPS) is 24.1. The molecular weight excluding hydrogens is 268 g/mol. The number of morpholine rings is 1. The van der Waals surface area contributed by atoms with E-state index in [4.69, 9.17) is 9.47 Å². The maximum atomic E-state index is 5.75. The minimum absolute atomic E-state index is 0.344. The fourth-order valence-corrected chi connectivity index (χ4v) is 2.62. The SMILES string of the molecule is CN=C(NCCCOC)NCCCN1CC(C)OC(C)C1. The van der Waals surface area contributed by atoms with E-state index >= 15 is 0 Å². The van der Waals surface area contributed by atoms with Gasteiger partial charge in [0.1, 0.15) is 0 Å². The van der Waals surface area contributed by atoms with Crippen LogP contribution in [0.1, 0.15) is 26.7 Å². The molecule has 0 amide bonds. The van der Waals surface area contributed by atoms with Gasteiger partial charge in [0.05, 0.1) is 12.2 Å². The first kappa shape index (κ1) is 18.2. The van der Waals surface area contributed by atoms with Crippen molar-refractivity contribution in [3.63, 3.8) is 0 Å². The number of nitrogens with one attached hydrogen (secondary N) is 2. The van der Waals surface area contributed by atoms with Crippen LogP contribution in [0, 0.1) is 0 Å². The lowest BCUT2D eigenvalue weighted by Gasteiger charge is -2.35. The summed E-state index contributed by atoms with van der Waals surface area (Å²) in [6.07, 6.45) is 2.78. The molecule has 0 saturated carbocycles. The molecule has 2 unspecified atom stereocenters. The molecule has 0 aromatic heterocycles. The fourth-order valence-electron chi connectivity index (χ4n) is 2.62. The molecule has 124 valence electrons. The van der Waals surface area contributed by atoms with Crippen molar-refractivity contribution in [2.24, 2.45) is 4.99 Å². The van der Waals surface area contributed by atoms with Gasteiger partial charge in [0.25, 0.3) is 0 Å². The van der Waals surface area contributed by atoms with Gasteiger partial charge in [-0.25, -0.2) is 0 Å². The third-order valence-corrected chi connectivity index (χ3v) is 3.48. The van der Waals surface area contributed by atoms with E-state index in [1.165, 1.54) is 0 Å². The summed E-state index contributed by atoms with van der Waals surface area (Å²) >= 11 is 0. The molecule has 0 bridgehead atoms. The summed E-state index contributed by atoms with van der Waals surface area (Å²) in [5.74, 6) is 0.870. The Balaban J connectivity index is 2.09. The molecule has 6 heteroatoms. The van der Waals surface area contributed by atoms with Gasteiger partial charge in [-0.15, -0.1) is 0 Å². The zero-order valence-electron chi connectivity index (χ0n) is 14.0. The zero-order valence-corrected chi connectivity index (χ0v) is 14.0. The highest BCUT2D eigenvalue weighted by molar-refractivity contribution is 5.79. The highest BCUT2D eigenvalue weighted by Crippen LogP contribution is 2.10. The molecule has 21 heavy (non-hydrogen) atoms. The Morgan fingerprint density at radius 1 is 1.19 bits per heavy atom. The van der Waals surface area contributed by atoms with E-state index < -0.39 is 0 Å². The molecule has 1 fully saturated rings. The van der Waals surface area contributed by atoms with Crippen molar-refractivity contribution < 1.29 is 9.47 Å². The van der Waals surface area contributed by atoms with E-state index in [0.717, 1.165) is 58.1 Å². The maximum Gasteiger partial charge on any atom is 0.190 e. The first-order valence-electron chi connectivity index (χ1n) is 7.97. The third kappa shape index (κ3) is 8.24. The van der Waals surface area contributed by atoms with Crippen LogP contribution in [-0.4, -0.2) is 76.6 Å². The Morgan fingerprint density at radius 3 is 2.38 bits per heavy atom. The molecule has 0 radical (unpaired) electrons. The molecule has 2 atom stereocenters. The van der Waals surface area contributed by atoms with Crippen molar-refractivity contribution in [1.29, 1.82) is 0 Å². The van der Waals surface area contributed by atoms with Gasteiger partial charge in [-0.2, -0.15) is 0 Å². The zero-order chi connectivity index (χ0) is 15.5. The van der Waals surface area contributed by atoms with Crippen molar-refractivity contribution in [3.05, 3.63) is 0 Å². The van der Waals surface area contributed by atoms with E-state index in [0.29, 0.717) is 12.2 Å². The first-order chi connectivity index (χ1) is 10.2. The summed E-state index contributed by atoms with van der Waals surface area (Å²) in [7, 11) is 3.53. The van der Waals surface area contributed by atoms with Gasteiger partial charge in [-0.3, -0.25) is 9.89 Å². The number of hydrogen-bond acceptors (Lipinski definition) is 4. The number of aliphatic imine (C=N–C) groups is 1. The van der Waals surface area contributed by atoms with E-state index in [2.05, 4.69) is 34.4 Å². The molecule has 1 aliphatic rings. The van der Waals surface area contributed by atoms with Crippen LogP contribution in [0.2, 0.25) is 0 Å². The van der Waals surface area contributed by atoms with Crippen LogP contribution in [0.5, 0.6) is 0 Å². The third-order valence-electron chi connectivity index (χ3n) is 3.48. The lowest BCUT2D eigenvalue weighted by atomic mass is 10.2. The van der Waals surface area contributed by atoms with E-state index in [1.54, 1.807) is 14.2 Å². The van der Waals surface area contributed by atoms with Crippen molar-refractivity contribution in [2.75, 3.05) is 53.5 Å². The average Bonchev–Trinajstić information content (AvgIpc) is 2.44. The summed E-state index contributed by atoms with van der Waals surface area (Å²) in [4.78, 5) is 6.70. The topological polar surface area (TPSA) is 58.1 Å². The molecule has 1 saturated heterocycles. The van der Waals surface area contributed by atoms with Gasteiger partial charge >= 0.3 is 0 Å². The quantitative estimate of drug-likeness (QED) is 0.392. The van der Waals surface area contributed by atoms with Crippen LogP contribution in [0.15, 0.2) is 4.99 Å². The van der Waals surface area contributed by atoms with Crippen LogP contribution in [0.4, 0.5) is 0 Å². The van der Waals surface area contributed by atoms with Gasteiger partial charge in [-0.1, -0.05) is 0 Å². The van der Waals surface area contributed by atoms with Crippen molar-refractivity contribution in [3.8, 4) is 0 Å². The Hall–Kier alpha value is -0.850. The second kappa shape index (κ2) is 10.8. The van der Waals surface area contributed by atoms with Crippen molar-refractivity contribution in [1.82, 2.24) is 15.5 Å². The van der Waals surface area contributed by atoms with Crippen LogP contribution in [0.25, 0.3) is 0 Å². The second-order valence-corrected chi connectivity index (χ2v) is 5.64. The fraction of sp³-hybridized carbons (Fsp3) is 0.933. The molecule has 2 N–H and O–H groups in total. The number of guanidine groups is 1. The van der Waals surface area contributed by atoms with Crippen molar-refractivity contribution >= 4 is 5.96 Å². The van der Waals surface area contributed by atoms with Gasteiger partial charge in [0, 0.05) is 53.5 Å². The van der Waals surface area contributed by atoms with Gasteiger partial charge in [0.2, 0.25) is 0 Å². The minimum atomic E-state index is 0.344. The molecule has 1 aliphatic heterocycles. The van der Waals surface area contributed by atoms with Crippen LogP contribution in [0.3, 0.4) is 0 Å². The van der Waals surface area contributed by atoms with Crippen LogP contribution in [-0.2, 0) is 9.47 Å². The maximum absolute atomic E-state index is 5.75. The van der Waals surface area contributed by atoms with E-state index in [9.17, 15) is 0 Å². The lowest BCUT2D eigenvalue weighted by Crippen LogP contribution is -2.46. The number of rotatable bonds is 8. The van der Waals surface area contributed by atoms with E-state index in [-0.39, 0.29) is 0 Å². The monoisotopic (exact) mass is 300 g/mol. The second-order valence-electron chi connectivity index (χ2n) is 5.64.